The average Bonchev–Trinajstić information content (AvgIpc) is 2.07. The van der Waals surface area contributed by atoms with Crippen LogP contribution in [0.25, 0.3) is 0 Å². The first-order chi connectivity index (χ1) is 5.77. The number of anilines is 1. The number of amides is 1. The van der Waals surface area contributed by atoms with Gasteiger partial charge in [-0.25, -0.2) is 0 Å². The fourth-order valence-corrected chi connectivity index (χ4v) is 1.78. The van der Waals surface area contributed by atoms with Crippen LogP contribution in [0.3, 0.4) is 0 Å². The summed E-state index contributed by atoms with van der Waals surface area (Å²) in [6, 6.07) is 7.86. The zero-order valence-electron chi connectivity index (χ0n) is 6.38. The molecule has 0 spiro atoms. The van der Waals surface area contributed by atoms with Crippen molar-refractivity contribution in [2.75, 3.05) is 5.32 Å². The van der Waals surface area contributed by atoms with Gasteiger partial charge in [0, 0.05) is 5.69 Å². The van der Waals surface area contributed by atoms with Crippen molar-refractivity contribution >= 4 is 27.5 Å². The van der Waals surface area contributed by atoms with E-state index in [2.05, 4.69) is 21.2 Å². The van der Waals surface area contributed by atoms with Crippen molar-refractivity contribution < 1.29 is 4.79 Å². The van der Waals surface area contributed by atoms with Crippen molar-refractivity contribution in [1.29, 1.82) is 0 Å². The first-order valence-electron chi connectivity index (χ1n) is 3.80. The van der Waals surface area contributed by atoms with Crippen LogP contribution >= 0.6 is 15.9 Å². The van der Waals surface area contributed by atoms with Gasteiger partial charge < -0.3 is 5.32 Å². The summed E-state index contributed by atoms with van der Waals surface area (Å²) in [5, 5.41) is 2.82. The highest BCUT2D eigenvalue weighted by Crippen LogP contribution is 2.24. The lowest BCUT2D eigenvalue weighted by molar-refractivity contribution is -0.115. The fourth-order valence-electron chi connectivity index (χ4n) is 1.32. The molecule has 0 radical (unpaired) electrons. The molecule has 1 N–H and O–H groups in total. The third-order valence-corrected chi connectivity index (χ3v) is 2.70. The highest BCUT2D eigenvalue weighted by Gasteiger charge is 2.22. The minimum atomic E-state index is -0.0765. The van der Waals surface area contributed by atoms with Crippen molar-refractivity contribution in [2.24, 2.45) is 0 Å². The number of hydrogen-bond acceptors (Lipinski definition) is 1. The Morgan fingerprint density at radius 2 is 2.17 bits per heavy atom. The Bertz CT molecular complexity index is 324. The lowest BCUT2D eigenvalue weighted by Gasteiger charge is -2.20. The number of fused-ring (bicyclic) bond motifs is 1. The number of benzene rings is 1. The highest BCUT2D eigenvalue weighted by molar-refractivity contribution is 9.10. The Balaban J connectivity index is 2.40. The van der Waals surface area contributed by atoms with Gasteiger partial charge in [0.2, 0.25) is 5.91 Å². The van der Waals surface area contributed by atoms with Crippen LogP contribution in [0, 0.1) is 0 Å². The van der Waals surface area contributed by atoms with E-state index in [1.165, 1.54) is 5.56 Å². The standard InChI is InChI=1S/C9H8BrNO/c10-7-5-6-3-1-2-4-8(6)11-9(7)12/h1-4,7H,5H2,(H,11,12)/t7-/m0/s1. The van der Waals surface area contributed by atoms with Crippen molar-refractivity contribution in [3.8, 4) is 0 Å². The molecular formula is C9H8BrNO. The SMILES string of the molecule is O=C1Nc2ccccc2C[C@@H]1Br. The number of alkyl halides is 1. The number of hydrogen-bond donors (Lipinski definition) is 1. The maximum absolute atomic E-state index is 11.2. The number of carbonyl (C=O) groups excluding carboxylic acids is 1. The summed E-state index contributed by atoms with van der Waals surface area (Å²) in [7, 11) is 0. The summed E-state index contributed by atoms with van der Waals surface area (Å²) >= 11 is 3.31. The lowest BCUT2D eigenvalue weighted by atomic mass is 10.0. The Morgan fingerprint density at radius 3 is 3.00 bits per heavy atom. The molecule has 2 nitrogen and oxygen atoms in total. The maximum atomic E-state index is 11.2. The number of rotatable bonds is 0. The normalized spacial score (nSPS) is 21.4. The second-order valence-corrected chi connectivity index (χ2v) is 3.92. The smallest absolute Gasteiger partial charge is 0.238 e. The highest BCUT2D eigenvalue weighted by atomic mass is 79.9. The Morgan fingerprint density at radius 1 is 1.42 bits per heavy atom. The molecule has 1 atom stereocenters. The maximum Gasteiger partial charge on any atom is 0.238 e. The van der Waals surface area contributed by atoms with E-state index in [0.717, 1.165) is 12.1 Å². The molecule has 62 valence electrons. The van der Waals surface area contributed by atoms with Gasteiger partial charge >= 0.3 is 0 Å². The average molecular weight is 226 g/mol. The quantitative estimate of drug-likeness (QED) is 0.673. The number of carbonyl (C=O) groups is 1. The van der Waals surface area contributed by atoms with Crippen LogP contribution in [-0.4, -0.2) is 10.7 Å². The van der Waals surface area contributed by atoms with E-state index in [1.807, 2.05) is 24.3 Å². The summed E-state index contributed by atoms with van der Waals surface area (Å²) in [5.74, 6) is 0.0497. The van der Waals surface area contributed by atoms with E-state index in [-0.39, 0.29) is 10.7 Å². The molecule has 0 saturated carbocycles. The number of para-hydroxylation sites is 1. The van der Waals surface area contributed by atoms with Crippen LogP contribution in [-0.2, 0) is 11.2 Å². The van der Waals surface area contributed by atoms with Gasteiger partial charge in [0.25, 0.3) is 0 Å². The zero-order chi connectivity index (χ0) is 8.55. The van der Waals surface area contributed by atoms with Crippen LogP contribution in [0.2, 0.25) is 0 Å². The van der Waals surface area contributed by atoms with Crippen LogP contribution in [0.15, 0.2) is 24.3 Å². The Hall–Kier alpha value is -0.830. The third-order valence-electron chi connectivity index (χ3n) is 1.96. The number of nitrogens with one attached hydrogen (secondary N) is 1. The van der Waals surface area contributed by atoms with Gasteiger partial charge in [-0.1, -0.05) is 34.1 Å². The van der Waals surface area contributed by atoms with E-state index < -0.39 is 0 Å². The predicted octanol–water partition coefficient (Wildman–Crippen LogP) is 1.94. The summed E-state index contributed by atoms with van der Waals surface area (Å²) in [4.78, 5) is 11.1. The second kappa shape index (κ2) is 2.90. The van der Waals surface area contributed by atoms with E-state index in [1.54, 1.807) is 0 Å². The summed E-state index contributed by atoms with van der Waals surface area (Å²) in [6.07, 6.45) is 0.780. The molecule has 0 bridgehead atoms. The van der Waals surface area contributed by atoms with Gasteiger partial charge in [-0.15, -0.1) is 0 Å². The molecule has 12 heavy (non-hydrogen) atoms. The Labute approximate surface area is 79.1 Å². The monoisotopic (exact) mass is 225 g/mol. The molecular weight excluding hydrogens is 218 g/mol. The van der Waals surface area contributed by atoms with Crippen LogP contribution < -0.4 is 5.32 Å². The number of halogens is 1. The largest absolute Gasteiger partial charge is 0.325 e. The first kappa shape index (κ1) is 7.80. The van der Waals surface area contributed by atoms with Gasteiger partial charge in [0.05, 0.1) is 4.83 Å². The van der Waals surface area contributed by atoms with E-state index >= 15 is 0 Å². The molecule has 0 saturated heterocycles. The van der Waals surface area contributed by atoms with E-state index in [0.29, 0.717) is 0 Å². The predicted molar refractivity (Wildman–Crippen MR) is 51.5 cm³/mol. The Kier molecular flexibility index (Phi) is 1.89. The fraction of sp³-hybridized carbons (Fsp3) is 0.222. The lowest BCUT2D eigenvalue weighted by Crippen LogP contribution is -2.29. The third kappa shape index (κ3) is 1.25. The van der Waals surface area contributed by atoms with Crippen molar-refractivity contribution in [3.63, 3.8) is 0 Å². The van der Waals surface area contributed by atoms with Crippen LogP contribution in [0.4, 0.5) is 5.69 Å². The van der Waals surface area contributed by atoms with Crippen molar-refractivity contribution in [3.05, 3.63) is 29.8 Å². The zero-order valence-corrected chi connectivity index (χ0v) is 7.97. The molecule has 0 aliphatic carbocycles. The first-order valence-corrected chi connectivity index (χ1v) is 4.72. The van der Waals surface area contributed by atoms with Gasteiger partial charge in [0.1, 0.15) is 0 Å². The van der Waals surface area contributed by atoms with E-state index in [4.69, 9.17) is 0 Å². The minimum Gasteiger partial charge on any atom is -0.325 e. The molecule has 0 fully saturated rings. The van der Waals surface area contributed by atoms with Crippen LogP contribution in [0.5, 0.6) is 0 Å². The van der Waals surface area contributed by atoms with Crippen molar-refractivity contribution in [1.82, 2.24) is 0 Å². The van der Waals surface area contributed by atoms with Crippen molar-refractivity contribution in [2.45, 2.75) is 11.2 Å². The molecule has 0 aromatic heterocycles. The van der Waals surface area contributed by atoms with E-state index in [9.17, 15) is 4.79 Å². The molecule has 1 amide bonds. The topological polar surface area (TPSA) is 29.1 Å². The van der Waals surface area contributed by atoms with Gasteiger partial charge in [-0.2, -0.15) is 0 Å². The summed E-state index contributed by atoms with van der Waals surface area (Å²) in [6.45, 7) is 0. The summed E-state index contributed by atoms with van der Waals surface area (Å²) in [5.41, 5.74) is 2.14. The molecule has 1 heterocycles. The van der Waals surface area contributed by atoms with Gasteiger partial charge in [-0.3, -0.25) is 4.79 Å². The molecule has 2 rings (SSSR count). The van der Waals surface area contributed by atoms with Gasteiger partial charge in [-0.05, 0) is 18.1 Å². The van der Waals surface area contributed by atoms with Gasteiger partial charge in [0.15, 0.2) is 0 Å². The molecule has 3 heteroatoms. The second-order valence-electron chi connectivity index (χ2n) is 2.82. The molecule has 0 unspecified atom stereocenters. The molecule has 1 aromatic rings. The summed E-state index contributed by atoms with van der Waals surface area (Å²) < 4.78 is 0. The minimum absolute atomic E-state index is 0.0497. The van der Waals surface area contributed by atoms with Crippen LogP contribution in [0.1, 0.15) is 5.56 Å². The molecule has 1 aliphatic rings. The molecule has 1 aliphatic heterocycles. The molecule has 1 aromatic carbocycles.